The van der Waals surface area contributed by atoms with Crippen LogP contribution in [0, 0.1) is 5.92 Å². The van der Waals surface area contributed by atoms with E-state index < -0.39 is 0 Å². The second-order valence-corrected chi connectivity index (χ2v) is 5.82. The zero-order valence-corrected chi connectivity index (χ0v) is 12.9. The quantitative estimate of drug-likeness (QED) is 0.899. The normalized spacial score (nSPS) is 19.1. The fraction of sp³-hybridized carbons (Fsp3) is 0.500. The Bertz CT molecular complexity index is 465. The summed E-state index contributed by atoms with van der Waals surface area (Å²) in [6.07, 6.45) is 2.28. The van der Waals surface area contributed by atoms with Crippen molar-refractivity contribution in [2.45, 2.75) is 19.8 Å². The number of likely N-dealkylation sites (tertiary alicyclic amines) is 1. The van der Waals surface area contributed by atoms with E-state index in [1.54, 1.807) is 7.11 Å². The molecule has 2 rings (SSSR count). The van der Waals surface area contributed by atoms with Crippen LogP contribution in [0.2, 0.25) is 0 Å². The van der Waals surface area contributed by atoms with Crippen molar-refractivity contribution >= 4 is 27.6 Å². The number of benzene rings is 1. The van der Waals surface area contributed by atoms with Crippen molar-refractivity contribution in [2.75, 3.05) is 25.5 Å². The highest BCUT2D eigenvalue weighted by Crippen LogP contribution is 2.27. The first-order chi connectivity index (χ1) is 9.10. The number of piperidine rings is 1. The Kier molecular flexibility index (Phi) is 4.69. The molecule has 1 N–H and O–H groups in total. The van der Waals surface area contributed by atoms with Gasteiger partial charge in [-0.25, -0.2) is 4.79 Å². The van der Waals surface area contributed by atoms with E-state index in [-0.39, 0.29) is 6.03 Å². The van der Waals surface area contributed by atoms with Crippen LogP contribution in [0.15, 0.2) is 22.7 Å². The highest BCUT2D eigenvalue weighted by molar-refractivity contribution is 9.10. The lowest BCUT2D eigenvalue weighted by Gasteiger charge is -2.31. The van der Waals surface area contributed by atoms with Gasteiger partial charge in [0.15, 0.2) is 0 Å². The fourth-order valence-corrected chi connectivity index (χ4v) is 2.64. The average molecular weight is 327 g/mol. The van der Waals surface area contributed by atoms with Gasteiger partial charge in [-0.2, -0.15) is 0 Å². The van der Waals surface area contributed by atoms with Crippen molar-refractivity contribution in [3.8, 4) is 5.75 Å². The third-order valence-corrected chi connectivity index (χ3v) is 4.05. The average Bonchev–Trinajstić information content (AvgIpc) is 2.41. The summed E-state index contributed by atoms with van der Waals surface area (Å²) >= 11 is 3.44. The third-order valence-electron chi connectivity index (χ3n) is 3.36. The number of hydrogen-bond donors (Lipinski definition) is 1. The Balaban J connectivity index is 2.05. The van der Waals surface area contributed by atoms with Crippen LogP contribution < -0.4 is 10.1 Å². The number of nitrogens with zero attached hydrogens (tertiary/aromatic N) is 1. The summed E-state index contributed by atoms with van der Waals surface area (Å²) in [6, 6.07) is 5.49. The summed E-state index contributed by atoms with van der Waals surface area (Å²) in [4.78, 5) is 14.1. The molecule has 0 bridgehead atoms. The summed E-state index contributed by atoms with van der Waals surface area (Å²) in [6.45, 7) is 3.84. The molecule has 1 aliphatic rings. The molecule has 1 aromatic carbocycles. The van der Waals surface area contributed by atoms with Crippen molar-refractivity contribution in [3.05, 3.63) is 22.7 Å². The van der Waals surface area contributed by atoms with Gasteiger partial charge in [-0.3, -0.25) is 0 Å². The van der Waals surface area contributed by atoms with Crippen LogP contribution in [0.3, 0.4) is 0 Å². The number of carbonyl (C=O) groups is 1. The van der Waals surface area contributed by atoms with Crippen LogP contribution in [0.25, 0.3) is 0 Å². The maximum Gasteiger partial charge on any atom is 0.321 e. The largest absolute Gasteiger partial charge is 0.497 e. The van der Waals surface area contributed by atoms with Gasteiger partial charge >= 0.3 is 6.03 Å². The minimum atomic E-state index is -0.0412. The molecule has 4 nitrogen and oxygen atoms in total. The lowest BCUT2D eigenvalue weighted by Crippen LogP contribution is -2.41. The Morgan fingerprint density at radius 1 is 1.53 bits per heavy atom. The summed E-state index contributed by atoms with van der Waals surface area (Å²) in [7, 11) is 1.61. The van der Waals surface area contributed by atoms with Gasteiger partial charge in [0, 0.05) is 23.6 Å². The zero-order valence-electron chi connectivity index (χ0n) is 11.3. The third kappa shape index (κ3) is 3.62. The molecule has 104 valence electrons. The Morgan fingerprint density at radius 2 is 2.32 bits per heavy atom. The van der Waals surface area contributed by atoms with Crippen LogP contribution in [-0.2, 0) is 0 Å². The van der Waals surface area contributed by atoms with Crippen LogP contribution in [0.1, 0.15) is 19.8 Å². The van der Waals surface area contributed by atoms with Crippen molar-refractivity contribution < 1.29 is 9.53 Å². The number of halogens is 1. The van der Waals surface area contributed by atoms with E-state index >= 15 is 0 Å². The van der Waals surface area contributed by atoms with Crippen LogP contribution >= 0.6 is 15.9 Å². The molecule has 1 atom stereocenters. The van der Waals surface area contributed by atoms with Gasteiger partial charge in [-0.15, -0.1) is 0 Å². The van der Waals surface area contributed by atoms with Crippen molar-refractivity contribution in [1.29, 1.82) is 0 Å². The molecular weight excluding hydrogens is 308 g/mol. The number of amides is 2. The molecule has 19 heavy (non-hydrogen) atoms. The number of ether oxygens (including phenoxy) is 1. The second kappa shape index (κ2) is 6.28. The predicted molar refractivity (Wildman–Crippen MR) is 79.7 cm³/mol. The number of methoxy groups -OCH3 is 1. The number of nitrogens with one attached hydrogen (secondary N) is 1. The monoisotopic (exact) mass is 326 g/mol. The standard InChI is InChI=1S/C14H19BrN2O2/c1-10-4-3-7-17(9-10)14(18)16-13-8-11(19-2)5-6-12(13)15/h5-6,8,10H,3-4,7,9H2,1-2H3,(H,16,18). The molecule has 1 aromatic rings. The molecular formula is C14H19BrN2O2. The first kappa shape index (κ1) is 14.2. The molecule has 0 saturated carbocycles. The van der Waals surface area contributed by atoms with E-state index in [0.717, 1.165) is 35.4 Å². The molecule has 1 fully saturated rings. The summed E-state index contributed by atoms with van der Waals surface area (Å²) in [5.74, 6) is 1.30. The number of carbonyl (C=O) groups excluding carboxylic acids is 1. The van der Waals surface area contributed by atoms with E-state index in [1.165, 1.54) is 6.42 Å². The smallest absolute Gasteiger partial charge is 0.321 e. The van der Waals surface area contributed by atoms with E-state index in [1.807, 2.05) is 23.1 Å². The van der Waals surface area contributed by atoms with Gasteiger partial charge in [0.1, 0.15) is 5.75 Å². The zero-order chi connectivity index (χ0) is 13.8. The maximum atomic E-state index is 12.2. The summed E-state index contributed by atoms with van der Waals surface area (Å²) < 4.78 is 6.02. The summed E-state index contributed by atoms with van der Waals surface area (Å²) in [5, 5.41) is 2.94. The van der Waals surface area contributed by atoms with Crippen LogP contribution in [0.4, 0.5) is 10.5 Å². The predicted octanol–water partition coefficient (Wildman–Crippen LogP) is 3.72. The topological polar surface area (TPSA) is 41.6 Å². The Morgan fingerprint density at radius 3 is 3.00 bits per heavy atom. The molecule has 0 radical (unpaired) electrons. The van der Waals surface area contributed by atoms with Gasteiger partial charge in [-0.05, 0) is 46.8 Å². The highest BCUT2D eigenvalue weighted by atomic mass is 79.9. The number of hydrogen-bond acceptors (Lipinski definition) is 2. The van der Waals surface area contributed by atoms with Gasteiger partial charge in [0.25, 0.3) is 0 Å². The molecule has 0 aliphatic carbocycles. The molecule has 0 aromatic heterocycles. The summed E-state index contributed by atoms with van der Waals surface area (Å²) in [5.41, 5.74) is 0.738. The SMILES string of the molecule is COc1ccc(Br)c(NC(=O)N2CCCC(C)C2)c1. The van der Waals surface area contributed by atoms with Crippen LogP contribution in [-0.4, -0.2) is 31.1 Å². The van der Waals surface area contributed by atoms with Gasteiger partial charge in [0.2, 0.25) is 0 Å². The minimum Gasteiger partial charge on any atom is -0.497 e. The van der Waals surface area contributed by atoms with E-state index in [4.69, 9.17) is 4.74 Å². The van der Waals surface area contributed by atoms with E-state index in [9.17, 15) is 4.79 Å². The maximum absolute atomic E-state index is 12.2. The van der Waals surface area contributed by atoms with Gasteiger partial charge in [0.05, 0.1) is 12.8 Å². The van der Waals surface area contributed by atoms with E-state index in [0.29, 0.717) is 5.92 Å². The number of rotatable bonds is 2. The fourth-order valence-electron chi connectivity index (χ4n) is 2.30. The number of anilines is 1. The molecule has 1 saturated heterocycles. The molecule has 5 heteroatoms. The molecule has 1 unspecified atom stereocenters. The minimum absolute atomic E-state index is 0.0412. The van der Waals surface area contributed by atoms with Crippen molar-refractivity contribution in [2.24, 2.45) is 5.92 Å². The first-order valence-electron chi connectivity index (χ1n) is 6.49. The molecule has 0 spiro atoms. The number of urea groups is 1. The van der Waals surface area contributed by atoms with Crippen LogP contribution in [0.5, 0.6) is 5.75 Å². The molecule has 2 amide bonds. The van der Waals surface area contributed by atoms with Gasteiger partial charge < -0.3 is 15.0 Å². The van der Waals surface area contributed by atoms with Crippen molar-refractivity contribution in [1.82, 2.24) is 4.90 Å². The Labute approximate surface area is 122 Å². The Hall–Kier alpha value is -1.23. The molecule has 1 aliphatic heterocycles. The lowest BCUT2D eigenvalue weighted by molar-refractivity contribution is 0.182. The highest BCUT2D eigenvalue weighted by Gasteiger charge is 2.21. The van der Waals surface area contributed by atoms with E-state index in [2.05, 4.69) is 28.2 Å². The molecule has 1 heterocycles. The lowest BCUT2D eigenvalue weighted by atomic mass is 10.0. The van der Waals surface area contributed by atoms with Gasteiger partial charge in [-0.1, -0.05) is 6.92 Å². The first-order valence-corrected chi connectivity index (χ1v) is 7.29. The second-order valence-electron chi connectivity index (χ2n) is 4.97. The van der Waals surface area contributed by atoms with Crippen molar-refractivity contribution in [3.63, 3.8) is 0 Å².